The first kappa shape index (κ1) is 18.7. The fraction of sp³-hybridized carbons (Fsp3) is 0.421. The Kier molecular flexibility index (Phi) is 5.17. The molecule has 2 aliphatic heterocycles. The van der Waals surface area contributed by atoms with Crippen LogP contribution in [-0.4, -0.2) is 44.4 Å². The van der Waals surface area contributed by atoms with Gasteiger partial charge in [-0.05, 0) is 29.8 Å². The average Bonchev–Trinajstić information content (AvgIpc) is 2.72. The Hall–Kier alpha value is -2.68. The van der Waals surface area contributed by atoms with Crippen molar-refractivity contribution < 1.29 is 27.4 Å². The van der Waals surface area contributed by atoms with E-state index in [0.717, 1.165) is 19.2 Å². The van der Waals surface area contributed by atoms with Crippen molar-refractivity contribution in [3.63, 3.8) is 0 Å². The van der Waals surface area contributed by atoms with E-state index in [1.807, 2.05) is 4.90 Å². The van der Waals surface area contributed by atoms with Gasteiger partial charge in [0.2, 0.25) is 5.88 Å². The van der Waals surface area contributed by atoms with Crippen molar-refractivity contribution in [2.24, 2.45) is 0 Å². The zero-order chi connectivity index (χ0) is 19.6. The highest BCUT2D eigenvalue weighted by Crippen LogP contribution is 2.37. The number of hydrogen-bond donors (Lipinski definition) is 1. The molecule has 0 aliphatic carbocycles. The number of nitrogens with zero attached hydrogens (tertiary/aromatic N) is 2. The summed E-state index contributed by atoms with van der Waals surface area (Å²) in [5.74, 6) is 1.24. The van der Waals surface area contributed by atoms with Gasteiger partial charge in [-0.3, -0.25) is 0 Å². The number of fused-ring (bicyclic) bond motifs is 1. The number of halogens is 3. The van der Waals surface area contributed by atoms with Crippen molar-refractivity contribution >= 4 is 5.82 Å². The summed E-state index contributed by atoms with van der Waals surface area (Å²) in [6.45, 7) is 3.73. The average molecular weight is 395 g/mol. The van der Waals surface area contributed by atoms with Crippen molar-refractivity contribution in [2.75, 3.05) is 44.3 Å². The zero-order valence-electron chi connectivity index (χ0n) is 15.1. The van der Waals surface area contributed by atoms with Crippen LogP contribution in [0.4, 0.5) is 19.0 Å². The summed E-state index contributed by atoms with van der Waals surface area (Å²) in [4.78, 5) is 6.10. The molecule has 1 N–H and O–H groups in total. The Bertz CT molecular complexity index is 839. The molecule has 0 amide bonds. The molecule has 0 unspecified atom stereocenters. The second kappa shape index (κ2) is 7.75. The highest BCUT2D eigenvalue weighted by Gasteiger charge is 2.36. The van der Waals surface area contributed by atoms with E-state index in [9.17, 15) is 13.2 Å². The van der Waals surface area contributed by atoms with E-state index in [1.54, 1.807) is 18.2 Å². The van der Waals surface area contributed by atoms with E-state index in [0.29, 0.717) is 49.2 Å². The van der Waals surface area contributed by atoms with E-state index in [4.69, 9.17) is 14.2 Å². The largest absolute Gasteiger partial charge is 0.486 e. The molecule has 0 bridgehead atoms. The van der Waals surface area contributed by atoms with Crippen LogP contribution in [0.2, 0.25) is 0 Å². The molecular formula is C19H20F3N3O3. The molecule has 150 valence electrons. The predicted molar refractivity (Wildman–Crippen MR) is 96.1 cm³/mol. The molecule has 1 aromatic heterocycles. The monoisotopic (exact) mass is 395 g/mol. The molecule has 3 heterocycles. The Labute approximate surface area is 160 Å². The van der Waals surface area contributed by atoms with Crippen LogP contribution in [0.25, 0.3) is 0 Å². The second-order valence-corrected chi connectivity index (χ2v) is 6.52. The third-order valence-corrected chi connectivity index (χ3v) is 4.57. The summed E-state index contributed by atoms with van der Waals surface area (Å²) < 4.78 is 56.6. The van der Waals surface area contributed by atoms with Crippen LogP contribution in [0.3, 0.4) is 0 Å². The van der Waals surface area contributed by atoms with Crippen molar-refractivity contribution in [1.29, 1.82) is 0 Å². The maximum atomic E-state index is 13.4. The van der Waals surface area contributed by atoms with Crippen LogP contribution >= 0.6 is 0 Å². The minimum Gasteiger partial charge on any atom is -0.486 e. The molecule has 1 saturated heterocycles. The number of rotatable bonds is 4. The van der Waals surface area contributed by atoms with Gasteiger partial charge in [0, 0.05) is 26.2 Å². The van der Waals surface area contributed by atoms with Gasteiger partial charge in [-0.2, -0.15) is 18.2 Å². The Balaban J connectivity index is 1.56. The molecule has 4 rings (SSSR count). The van der Waals surface area contributed by atoms with Gasteiger partial charge in [-0.1, -0.05) is 6.07 Å². The molecular weight excluding hydrogens is 375 g/mol. The van der Waals surface area contributed by atoms with Crippen LogP contribution in [0.1, 0.15) is 11.1 Å². The van der Waals surface area contributed by atoms with Gasteiger partial charge in [0.15, 0.2) is 11.5 Å². The number of nitrogens with one attached hydrogen (secondary N) is 1. The quantitative estimate of drug-likeness (QED) is 0.859. The lowest BCUT2D eigenvalue weighted by molar-refractivity contribution is -0.139. The number of anilines is 1. The van der Waals surface area contributed by atoms with Gasteiger partial charge in [-0.25, -0.2) is 0 Å². The number of pyridine rings is 1. The van der Waals surface area contributed by atoms with Crippen molar-refractivity contribution in [3.8, 4) is 17.4 Å². The molecule has 2 aromatic rings. The lowest BCUT2D eigenvalue weighted by atomic mass is 10.2. The zero-order valence-corrected chi connectivity index (χ0v) is 15.1. The number of ether oxygens (including phenoxy) is 3. The minimum absolute atomic E-state index is 0.0578. The molecule has 9 heteroatoms. The highest BCUT2D eigenvalue weighted by molar-refractivity contribution is 5.46. The summed E-state index contributed by atoms with van der Waals surface area (Å²) in [7, 11) is 0. The van der Waals surface area contributed by atoms with E-state index in [1.165, 1.54) is 6.07 Å². The first-order chi connectivity index (χ1) is 13.5. The van der Waals surface area contributed by atoms with Crippen LogP contribution in [0.15, 0.2) is 30.3 Å². The van der Waals surface area contributed by atoms with Gasteiger partial charge >= 0.3 is 6.18 Å². The molecule has 0 atom stereocenters. The molecule has 0 saturated carbocycles. The Morgan fingerprint density at radius 2 is 1.79 bits per heavy atom. The number of benzene rings is 1. The normalized spacial score (nSPS) is 16.8. The molecule has 0 radical (unpaired) electrons. The summed E-state index contributed by atoms with van der Waals surface area (Å²) in [5, 5.41) is 3.20. The third-order valence-electron chi connectivity index (χ3n) is 4.57. The highest BCUT2D eigenvalue weighted by atomic mass is 19.4. The van der Waals surface area contributed by atoms with Gasteiger partial charge in [-0.15, -0.1) is 0 Å². The van der Waals surface area contributed by atoms with E-state index < -0.39 is 17.6 Å². The lowest BCUT2D eigenvalue weighted by Gasteiger charge is -2.29. The summed E-state index contributed by atoms with van der Waals surface area (Å²) in [6, 6.07) is 7.60. The molecule has 1 aromatic carbocycles. The van der Waals surface area contributed by atoms with Crippen LogP contribution in [-0.2, 0) is 12.8 Å². The van der Waals surface area contributed by atoms with Crippen LogP contribution < -0.4 is 24.4 Å². The Morgan fingerprint density at radius 1 is 1.04 bits per heavy atom. The third kappa shape index (κ3) is 4.09. The van der Waals surface area contributed by atoms with Crippen LogP contribution in [0, 0.1) is 0 Å². The summed E-state index contributed by atoms with van der Waals surface area (Å²) in [6.07, 6.45) is -4.54. The number of alkyl halides is 3. The Morgan fingerprint density at radius 3 is 2.54 bits per heavy atom. The van der Waals surface area contributed by atoms with Crippen molar-refractivity contribution in [3.05, 3.63) is 41.5 Å². The molecule has 1 fully saturated rings. The number of aromatic nitrogens is 1. The minimum atomic E-state index is -4.54. The van der Waals surface area contributed by atoms with E-state index in [-0.39, 0.29) is 6.61 Å². The maximum absolute atomic E-state index is 13.4. The molecule has 6 nitrogen and oxygen atoms in total. The van der Waals surface area contributed by atoms with Gasteiger partial charge in [0.25, 0.3) is 0 Å². The fourth-order valence-corrected chi connectivity index (χ4v) is 3.16. The van der Waals surface area contributed by atoms with Gasteiger partial charge < -0.3 is 24.4 Å². The second-order valence-electron chi connectivity index (χ2n) is 6.52. The van der Waals surface area contributed by atoms with E-state index in [2.05, 4.69) is 10.3 Å². The van der Waals surface area contributed by atoms with Crippen molar-refractivity contribution in [2.45, 2.75) is 12.8 Å². The lowest BCUT2D eigenvalue weighted by Crippen LogP contribution is -2.43. The molecule has 0 spiro atoms. The fourth-order valence-electron chi connectivity index (χ4n) is 3.16. The topological polar surface area (TPSA) is 55.9 Å². The maximum Gasteiger partial charge on any atom is 0.421 e. The predicted octanol–water partition coefficient (Wildman–Crippen LogP) is 2.86. The number of piperazine rings is 1. The van der Waals surface area contributed by atoms with E-state index >= 15 is 0 Å². The van der Waals surface area contributed by atoms with Gasteiger partial charge in [0.05, 0.1) is 0 Å². The summed E-state index contributed by atoms with van der Waals surface area (Å²) >= 11 is 0. The number of hydrogen-bond acceptors (Lipinski definition) is 6. The standard InChI is InChI=1S/C19H20F3N3O3/c20-19(21,22)14-2-4-17(25-7-5-23-6-8-25)24-18(14)28-12-13-1-3-15-16(11-13)27-10-9-26-15/h1-4,11,23H,5-10,12H2. The first-order valence-corrected chi connectivity index (χ1v) is 9.06. The SMILES string of the molecule is FC(F)(F)c1ccc(N2CCNCC2)nc1OCc1ccc2c(c1)OCCO2. The molecule has 28 heavy (non-hydrogen) atoms. The van der Waals surface area contributed by atoms with Gasteiger partial charge in [0.1, 0.15) is 31.2 Å². The first-order valence-electron chi connectivity index (χ1n) is 9.06. The van der Waals surface area contributed by atoms with Crippen molar-refractivity contribution in [1.82, 2.24) is 10.3 Å². The smallest absolute Gasteiger partial charge is 0.421 e. The molecule has 2 aliphatic rings. The van der Waals surface area contributed by atoms with Crippen LogP contribution in [0.5, 0.6) is 17.4 Å². The summed E-state index contributed by atoms with van der Waals surface area (Å²) in [5.41, 5.74) is -0.212.